The van der Waals surface area contributed by atoms with E-state index in [2.05, 4.69) is 4.98 Å². The van der Waals surface area contributed by atoms with E-state index in [0.29, 0.717) is 12.8 Å². The number of rotatable bonds is 3. The van der Waals surface area contributed by atoms with Crippen molar-refractivity contribution < 1.29 is 4.79 Å². The van der Waals surface area contributed by atoms with Crippen LogP contribution in [-0.4, -0.2) is 15.5 Å². The van der Waals surface area contributed by atoms with Crippen molar-refractivity contribution in [2.75, 3.05) is 0 Å². The highest BCUT2D eigenvalue weighted by Crippen LogP contribution is 1.99. The fourth-order valence-electron chi connectivity index (χ4n) is 0.877. The maximum atomic E-state index is 10.4. The van der Waals surface area contributed by atoms with Gasteiger partial charge < -0.3 is 10.3 Å². The number of amides is 1. The van der Waals surface area contributed by atoms with Crippen molar-refractivity contribution in [3.63, 3.8) is 0 Å². The van der Waals surface area contributed by atoms with Gasteiger partial charge >= 0.3 is 0 Å². The summed E-state index contributed by atoms with van der Waals surface area (Å²) in [6.45, 7) is 0. The Morgan fingerprint density at radius 2 is 2.55 bits per heavy atom. The van der Waals surface area contributed by atoms with Gasteiger partial charge in [-0.3, -0.25) is 4.79 Å². The summed E-state index contributed by atoms with van der Waals surface area (Å²) in [6, 6.07) is 0. The van der Waals surface area contributed by atoms with Gasteiger partial charge in [0, 0.05) is 25.4 Å². The lowest BCUT2D eigenvalue weighted by Gasteiger charge is -1.97. The zero-order valence-electron chi connectivity index (χ0n) is 6.45. The van der Waals surface area contributed by atoms with Gasteiger partial charge in [-0.15, -0.1) is 0 Å². The Hall–Kier alpha value is -1.32. The van der Waals surface area contributed by atoms with E-state index in [1.54, 1.807) is 12.5 Å². The number of aromatic nitrogens is 2. The third-order valence-electron chi connectivity index (χ3n) is 1.54. The number of nitrogens with two attached hydrogens (primary N) is 1. The van der Waals surface area contributed by atoms with Gasteiger partial charge in [-0.2, -0.15) is 0 Å². The molecule has 11 heavy (non-hydrogen) atoms. The molecule has 0 bridgehead atoms. The maximum Gasteiger partial charge on any atom is 0.217 e. The number of aryl methyl sites for hydroxylation is 2. The normalized spacial score (nSPS) is 9.91. The Labute approximate surface area is 65.0 Å². The van der Waals surface area contributed by atoms with Crippen LogP contribution in [0.15, 0.2) is 12.5 Å². The molecule has 0 aliphatic rings. The van der Waals surface area contributed by atoms with E-state index in [9.17, 15) is 4.79 Å². The van der Waals surface area contributed by atoms with E-state index in [4.69, 9.17) is 5.73 Å². The van der Waals surface area contributed by atoms with Gasteiger partial charge in [0.2, 0.25) is 5.91 Å². The van der Waals surface area contributed by atoms with E-state index in [-0.39, 0.29) is 5.91 Å². The molecule has 0 aliphatic carbocycles. The third kappa shape index (κ3) is 2.07. The number of primary amides is 1. The molecule has 0 spiro atoms. The Balaban J connectivity index is 2.51. The smallest absolute Gasteiger partial charge is 0.217 e. The van der Waals surface area contributed by atoms with Gasteiger partial charge in [0.15, 0.2) is 0 Å². The Morgan fingerprint density at radius 3 is 3.00 bits per heavy atom. The minimum atomic E-state index is -0.272. The Morgan fingerprint density at radius 1 is 1.82 bits per heavy atom. The molecule has 1 heterocycles. The van der Waals surface area contributed by atoms with E-state index in [1.165, 1.54) is 0 Å². The molecule has 1 aromatic heterocycles. The average molecular weight is 153 g/mol. The first-order valence-electron chi connectivity index (χ1n) is 3.43. The number of imidazole rings is 1. The van der Waals surface area contributed by atoms with E-state index < -0.39 is 0 Å². The van der Waals surface area contributed by atoms with Crippen LogP contribution in [0.4, 0.5) is 0 Å². The average Bonchev–Trinajstić information content (AvgIpc) is 2.31. The molecule has 0 saturated heterocycles. The fourth-order valence-corrected chi connectivity index (χ4v) is 0.877. The van der Waals surface area contributed by atoms with E-state index in [1.807, 2.05) is 11.6 Å². The molecular weight excluding hydrogens is 142 g/mol. The topological polar surface area (TPSA) is 60.9 Å². The maximum absolute atomic E-state index is 10.4. The lowest BCUT2D eigenvalue weighted by atomic mass is 10.2. The molecule has 0 unspecified atom stereocenters. The SMILES string of the molecule is Cn1cncc1CCC(N)=O. The zero-order valence-corrected chi connectivity index (χ0v) is 6.45. The first-order chi connectivity index (χ1) is 5.20. The molecular formula is C7H11N3O. The van der Waals surface area contributed by atoms with E-state index in [0.717, 1.165) is 5.69 Å². The third-order valence-corrected chi connectivity index (χ3v) is 1.54. The fraction of sp³-hybridized carbons (Fsp3) is 0.429. The molecule has 1 rings (SSSR count). The predicted octanol–water partition coefficient (Wildman–Crippen LogP) is -0.162. The quantitative estimate of drug-likeness (QED) is 0.655. The molecule has 1 amide bonds. The van der Waals surface area contributed by atoms with Gasteiger partial charge in [-0.25, -0.2) is 4.98 Å². The number of carbonyl (C=O) groups excluding carboxylic acids is 1. The summed E-state index contributed by atoms with van der Waals surface area (Å²) in [5, 5.41) is 0. The summed E-state index contributed by atoms with van der Waals surface area (Å²) in [4.78, 5) is 14.3. The molecule has 0 aromatic carbocycles. The molecule has 0 radical (unpaired) electrons. The summed E-state index contributed by atoms with van der Waals surface area (Å²) >= 11 is 0. The Kier molecular flexibility index (Phi) is 2.25. The van der Waals surface area contributed by atoms with Gasteiger partial charge in [-0.1, -0.05) is 0 Å². The standard InChI is InChI=1S/C7H11N3O/c1-10-5-9-4-6(10)2-3-7(8)11/h4-5H,2-3H2,1H3,(H2,8,11). The highest BCUT2D eigenvalue weighted by Gasteiger charge is 1.99. The summed E-state index contributed by atoms with van der Waals surface area (Å²) in [5.41, 5.74) is 6.02. The second kappa shape index (κ2) is 3.18. The summed E-state index contributed by atoms with van der Waals surface area (Å²) < 4.78 is 1.88. The second-order valence-corrected chi connectivity index (χ2v) is 2.46. The molecule has 4 heteroatoms. The number of nitrogens with zero attached hydrogens (tertiary/aromatic N) is 2. The highest BCUT2D eigenvalue weighted by atomic mass is 16.1. The first kappa shape index (κ1) is 7.78. The van der Waals surface area contributed by atoms with Crippen LogP contribution >= 0.6 is 0 Å². The van der Waals surface area contributed by atoms with Gasteiger partial charge in [0.25, 0.3) is 0 Å². The van der Waals surface area contributed by atoms with Crippen molar-refractivity contribution >= 4 is 5.91 Å². The predicted molar refractivity (Wildman–Crippen MR) is 40.7 cm³/mol. The van der Waals surface area contributed by atoms with Crippen molar-refractivity contribution in [2.24, 2.45) is 12.8 Å². The van der Waals surface area contributed by atoms with E-state index >= 15 is 0 Å². The lowest BCUT2D eigenvalue weighted by Crippen LogP contribution is -2.12. The molecule has 0 fully saturated rings. The Bertz CT molecular complexity index is 254. The van der Waals surface area contributed by atoms with Crippen LogP contribution in [0.2, 0.25) is 0 Å². The van der Waals surface area contributed by atoms with Crippen LogP contribution in [0.5, 0.6) is 0 Å². The van der Waals surface area contributed by atoms with Crippen molar-refractivity contribution in [3.8, 4) is 0 Å². The second-order valence-electron chi connectivity index (χ2n) is 2.46. The van der Waals surface area contributed by atoms with Gasteiger partial charge in [0.05, 0.1) is 6.33 Å². The van der Waals surface area contributed by atoms with Crippen LogP contribution < -0.4 is 5.73 Å². The summed E-state index contributed by atoms with van der Waals surface area (Å²) in [5.74, 6) is -0.272. The minimum absolute atomic E-state index is 0.272. The molecule has 2 N–H and O–H groups in total. The van der Waals surface area contributed by atoms with Crippen molar-refractivity contribution in [2.45, 2.75) is 12.8 Å². The van der Waals surface area contributed by atoms with Crippen LogP contribution in [0, 0.1) is 0 Å². The van der Waals surface area contributed by atoms with Crippen LogP contribution in [0.3, 0.4) is 0 Å². The largest absolute Gasteiger partial charge is 0.370 e. The summed E-state index contributed by atoms with van der Waals surface area (Å²) in [7, 11) is 1.89. The summed E-state index contributed by atoms with van der Waals surface area (Å²) in [6.07, 6.45) is 4.50. The van der Waals surface area contributed by atoms with Crippen LogP contribution in [0.25, 0.3) is 0 Å². The molecule has 4 nitrogen and oxygen atoms in total. The minimum Gasteiger partial charge on any atom is -0.370 e. The first-order valence-corrected chi connectivity index (χ1v) is 3.43. The van der Waals surface area contributed by atoms with Crippen LogP contribution in [0.1, 0.15) is 12.1 Å². The van der Waals surface area contributed by atoms with Crippen molar-refractivity contribution in [1.82, 2.24) is 9.55 Å². The number of hydrogen-bond acceptors (Lipinski definition) is 2. The molecule has 0 atom stereocenters. The van der Waals surface area contributed by atoms with Gasteiger partial charge in [-0.05, 0) is 6.42 Å². The molecule has 1 aromatic rings. The highest BCUT2D eigenvalue weighted by molar-refractivity contribution is 5.73. The molecule has 0 saturated carbocycles. The van der Waals surface area contributed by atoms with Crippen LogP contribution in [-0.2, 0) is 18.3 Å². The number of carbonyl (C=O) groups is 1. The molecule has 60 valence electrons. The number of hydrogen-bond donors (Lipinski definition) is 1. The lowest BCUT2D eigenvalue weighted by molar-refractivity contribution is -0.118. The zero-order chi connectivity index (χ0) is 8.27. The van der Waals surface area contributed by atoms with Crippen molar-refractivity contribution in [1.29, 1.82) is 0 Å². The van der Waals surface area contributed by atoms with Gasteiger partial charge in [0.1, 0.15) is 0 Å². The molecule has 0 aliphatic heterocycles. The van der Waals surface area contributed by atoms with Crippen molar-refractivity contribution in [3.05, 3.63) is 18.2 Å². The monoisotopic (exact) mass is 153 g/mol.